The molecule has 0 heterocycles. The summed E-state index contributed by atoms with van der Waals surface area (Å²) < 4.78 is 26.4. The third-order valence-corrected chi connectivity index (χ3v) is 5.58. The lowest BCUT2D eigenvalue weighted by Gasteiger charge is -2.20. The summed E-state index contributed by atoms with van der Waals surface area (Å²) in [5.74, 6) is -0.328. The first kappa shape index (κ1) is 17.3. The monoisotopic (exact) mass is 352 g/mol. The van der Waals surface area contributed by atoms with Crippen LogP contribution in [0.2, 0.25) is 5.02 Å². The molecule has 23 heavy (non-hydrogen) atoms. The Morgan fingerprint density at radius 3 is 2.26 bits per heavy atom. The lowest BCUT2D eigenvalue weighted by molar-refractivity contribution is 0.0963. The van der Waals surface area contributed by atoms with Crippen LogP contribution in [0.3, 0.4) is 0 Å². The van der Waals surface area contributed by atoms with Gasteiger partial charge in [0, 0.05) is 14.1 Å². The van der Waals surface area contributed by atoms with Crippen molar-refractivity contribution in [2.75, 3.05) is 18.4 Å². The second-order valence-electron chi connectivity index (χ2n) is 5.03. The fourth-order valence-electron chi connectivity index (χ4n) is 2.03. The molecule has 122 valence electrons. The van der Waals surface area contributed by atoms with E-state index in [1.807, 2.05) is 6.92 Å². The molecule has 5 nitrogen and oxygen atoms in total. The van der Waals surface area contributed by atoms with Crippen LogP contribution in [0.4, 0.5) is 5.69 Å². The van der Waals surface area contributed by atoms with E-state index in [0.29, 0.717) is 11.3 Å². The highest BCUT2D eigenvalue weighted by atomic mass is 35.5. The summed E-state index contributed by atoms with van der Waals surface area (Å²) in [6, 6.07) is 11.1. The molecule has 2 aromatic rings. The number of sulfonamides is 1. The van der Waals surface area contributed by atoms with Crippen molar-refractivity contribution in [2.24, 2.45) is 0 Å². The van der Waals surface area contributed by atoms with Crippen molar-refractivity contribution in [1.82, 2.24) is 5.32 Å². The van der Waals surface area contributed by atoms with E-state index in [2.05, 4.69) is 5.32 Å². The summed E-state index contributed by atoms with van der Waals surface area (Å²) in [5.41, 5.74) is 1.65. The Balaban J connectivity index is 2.40. The number of halogens is 1. The number of carbonyl (C=O) groups excluding carboxylic acids is 1. The highest BCUT2D eigenvalue weighted by Gasteiger charge is 2.22. The third-order valence-electron chi connectivity index (χ3n) is 3.47. The lowest BCUT2D eigenvalue weighted by atomic mass is 10.2. The summed E-state index contributed by atoms with van der Waals surface area (Å²) in [4.78, 5) is 11.8. The minimum absolute atomic E-state index is 0.188. The second-order valence-corrected chi connectivity index (χ2v) is 7.41. The van der Waals surface area contributed by atoms with Crippen molar-refractivity contribution in [3.8, 4) is 0 Å². The molecule has 0 unspecified atom stereocenters. The fraction of sp³-hybridized carbons (Fsp3) is 0.188. The molecule has 0 fully saturated rings. The number of aryl methyl sites for hydroxylation is 1. The van der Waals surface area contributed by atoms with Gasteiger partial charge in [0.05, 0.1) is 21.2 Å². The van der Waals surface area contributed by atoms with Crippen LogP contribution in [0.1, 0.15) is 15.9 Å². The van der Waals surface area contributed by atoms with E-state index in [0.717, 1.165) is 9.87 Å². The number of carbonyl (C=O) groups is 1. The maximum absolute atomic E-state index is 12.6. The summed E-state index contributed by atoms with van der Waals surface area (Å²) in [6.07, 6.45) is 0. The Bertz CT molecular complexity index is 833. The largest absolute Gasteiger partial charge is 0.355 e. The van der Waals surface area contributed by atoms with Crippen molar-refractivity contribution in [3.63, 3.8) is 0 Å². The number of amides is 1. The number of nitrogens with one attached hydrogen (secondary N) is 1. The Morgan fingerprint density at radius 1 is 1.13 bits per heavy atom. The van der Waals surface area contributed by atoms with Crippen LogP contribution in [-0.2, 0) is 10.0 Å². The van der Waals surface area contributed by atoms with Crippen LogP contribution in [0.15, 0.2) is 47.4 Å². The molecule has 0 bridgehead atoms. The van der Waals surface area contributed by atoms with E-state index in [1.165, 1.54) is 26.2 Å². The van der Waals surface area contributed by atoms with Gasteiger partial charge in [0.15, 0.2) is 0 Å². The SMILES string of the molecule is CNC(=O)c1ccc(N(C)S(=O)(=O)c2ccc(C)cc2)cc1Cl. The Morgan fingerprint density at radius 2 is 1.74 bits per heavy atom. The highest BCUT2D eigenvalue weighted by Crippen LogP contribution is 2.27. The van der Waals surface area contributed by atoms with Crippen molar-refractivity contribution >= 4 is 33.2 Å². The highest BCUT2D eigenvalue weighted by molar-refractivity contribution is 7.92. The molecular weight excluding hydrogens is 336 g/mol. The van der Waals surface area contributed by atoms with Gasteiger partial charge in [-0.25, -0.2) is 8.42 Å². The summed E-state index contributed by atoms with van der Waals surface area (Å²) >= 11 is 6.08. The zero-order valence-electron chi connectivity index (χ0n) is 13.0. The van der Waals surface area contributed by atoms with Crippen LogP contribution in [0.25, 0.3) is 0 Å². The zero-order valence-corrected chi connectivity index (χ0v) is 14.6. The average molecular weight is 353 g/mol. The third kappa shape index (κ3) is 3.48. The van der Waals surface area contributed by atoms with Crippen LogP contribution in [0, 0.1) is 6.92 Å². The summed E-state index contributed by atoms with van der Waals surface area (Å²) in [5, 5.41) is 2.66. The first-order valence-electron chi connectivity index (χ1n) is 6.84. The Hall–Kier alpha value is -2.05. The topological polar surface area (TPSA) is 66.5 Å². The fourth-order valence-corrected chi connectivity index (χ4v) is 3.47. The molecule has 0 aliphatic rings. The number of benzene rings is 2. The minimum atomic E-state index is -3.69. The van der Waals surface area contributed by atoms with Gasteiger partial charge in [-0.05, 0) is 37.3 Å². The summed E-state index contributed by atoms with van der Waals surface area (Å²) in [6.45, 7) is 1.89. The molecule has 0 saturated heterocycles. The summed E-state index contributed by atoms with van der Waals surface area (Å²) in [7, 11) is -0.745. The predicted octanol–water partition coefficient (Wildman–Crippen LogP) is 2.83. The van der Waals surface area contributed by atoms with E-state index in [4.69, 9.17) is 11.6 Å². The maximum Gasteiger partial charge on any atom is 0.264 e. The van der Waals surface area contributed by atoms with E-state index in [-0.39, 0.29) is 15.8 Å². The number of rotatable bonds is 4. The molecule has 0 aliphatic carbocycles. The molecule has 0 atom stereocenters. The number of hydrogen-bond acceptors (Lipinski definition) is 3. The van der Waals surface area contributed by atoms with Crippen molar-refractivity contribution in [1.29, 1.82) is 0 Å². The molecule has 2 aromatic carbocycles. The van der Waals surface area contributed by atoms with Crippen LogP contribution in [0.5, 0.6) is 0 Å². The zero-order chi connectivity index (χ0) is 17.2. The second kappa shape index (κ2) is 6.60. The number of anilines is 1. The molecule has 7 heteroatoms. The smallest absolute Gasteiger partial charge is 0.264 e. The molecule has 0 radical (unpaired) electrons. The van der Waals surface area contributed by atoms with Gasteiger partial charge in [-0.1, -0.05) is 29.3 Å². The maximum atomic E-state index is 12.6. The Kier molecular flexibility index (Phi) is 4.97. The van der Waals surface area contributed by atoms with Gasteiger partial charge in [0.2, 0.25) is 0 Å². The minimum Gasteiger partial charge on any atom is -0.355 e. The van der Waals surface area contributed by atoms with E-state index >= 15 is 0 Å². The average Bonchev–Trinajstić information content (AvgIpc) is 2.53. The number of hydrogen-bond donors (Lipinski definition) is 1. The predicted molar refractivity (Wildman–Crippen MR) is 91.6 cm³/mol. The molecular formula is C16H17ClN2O3S. The Labute approximate surface area is 140 Å². The number of nitrogens with zero attached hydrogens (tertiary/aromatic N) is 1. The molecule has 2 rings (SSSR count). The molecule has 1 amide bonds. The van der Waals surface area contributed by atoms with E-state index in [9.17, 15) is 13.2 Å². The first-order chi connectivity index (χ1) is 10.8. The van der Waals surface area contributed by atoms with E-state index in [1.54, 1.807) is 30.3 Å². The normalized spacial score (nSPS) is 11.1. The molecule has 0 spiro atoms. The lowest BCUT2D eigenvalue weighted by Crippen LogP contribution is -2.26. The van der Waals surface area contributed by atoms with Gasteiger partial charge in [-0.2, -0.15) is 0 Å². The van der Waals surface area contributed by atoms with Crippen molar-refractivity contribution in [2.45, 2.75) is 11.8 Å². The molecule has 1 N–H and O–H groups in total. The van der Waals surface area contributed by atoms with Gasteiger partial charge in [0.1, 0.15) is 0 Å². The molecule has 0 aromatic heterocycles. The van der Waals surface area contributed by atoms with Crippen LogP contribution < -0.4 is 9.62 Å². The molecule has 0 saturated carbocycles. The van der Waals surface area contributed by atoms with Crippen LogP contribution in [-0.4, -0.2) is 28.4 Å². The molecule has 0 aliphatic heterocycles. The standard InChI is InChI=1S/C16H17ClN2O3S/c1-11-4-7-13(8-5-11)23(21,22)19(3)12-6-9-14(15(17)10-12)16(20)18-2/h4-10H,1-3H3,(H,18,20). The van der Waals surface area contributed by atoms with E-state index < -0.39 is 10.0 Å². The van der Waals surface area contributed by atoms with Gasteiger partial charge in [-0.3, -0.25) is 9.10 Å². The van der Waals surface area contributed by atoms with Gasteiger partial charge in [0.25, 0.3) is 15.9 Å². The van der Waals surface area contributed by atoms with Gasteiger partial charge < -0.3 is 5.32 Å². The van der Waals surface area contributed by atoms with Gasteiger partial charge >= 0.3 is 0 Å². The van der Waals surface area contributed by atoms with Crippen LogP contribution >= 0.6 is 11.6 Å². The quantitative estimate of drug-likeness (QED) is 0.920. The van der Waals surface area contributed by atoms with Crippen molar-refractivity contribution in [3.05, 3.63) is 58.6 Å². The van der Waals surface area contributed by atoms with Gasteiger partial charge in [-0.15, -0.1) is 0 Å². The first-order valence-corrected chi connectivity index (χ1v) is 8.66. The van der Waals surface area contributed by atoms with Crippen molar-refractivity contribution < 1.29 is 13.2 Å².